The van der Waals surface area contributed by atoms with Crippen molar-refractivity contribution in [3.63, 3.8) is 0 Å². The highest BCUT2D eigenvalue weighted by atomic mass is 16.6. The second-order valence-electron chi connectivity index (χ2n) is 5.85. The van der Waals surface area contributed by atoms with E-state index in [1.807, 2.05) is 0 Å². The van der Waals surface area contributed by atoms with E-state index in [0.29, 0.717) is 12.0 Å². The Morgan fingerprint density at radius 3 is 2.54 bits per heavy atom. The summed E-state index contributed by atoms with van der Waals surface area (Å²) < 4.78 is 5.73. The van der Waals surface area contributed by atoms with Crippen molar-refractivity contribution in [1.29, 1.82) is 0 Å². The zero-order chi connectivity index (χ0) is 8.32. The number of hydrogen-bond donors (Lipinski definition) is 1. The van der Waals surface area contributed by atoms with E-state index in [0.717, 1.165) is 35.5 Å². The van der Waals surface area contributed by atoms with Gasteiger partial charge in [0.1, 0.15) is 0 Å². The summed E-state index contributed by atoms with van der Waals surface area (Å²) in [6.45, 7) is 0. The van der Waals surface area contributed by atoms with Gasteiger partial charge >= 0.3 is 0 Å². The van der Waals surface area contributed by atoms with Gasteiger partial charge in [-0.25, -0.2) is 0 Å². The molecule has 6 fully saturated rings. The van der Waals surface area contributed by atoms with Crippen molar-refractivity contribution in [2.75, 3.05) is 0 Å². The maximum Gasteiger partial charge on any atom is 0.158 e. The standard InChI is InChI=1S/C11H14O2/c12-11-9-5-1-3-4-2-6(7(3)9)10(13-11)8(4)5/h3-12H,1-2H2/t3-,4+,5+,6+,7-,8-,9+,10-,11?/m0/s1. The minimum Gasteiger partial charge on any atom is -0.368 e. The maximum absolute atomic E-state index is 9.83. The molecule has 4 aliphatic carbocycles. The van der Waals surface area contributed by atoms with Gasteiger partial charge in [-0.15, -0.1) is 0 Å². The molecule has 0 amide bonds. The fourth-order valence-corrected chi connectivity index (χ4v) is 6.05. The molecule has 2 nitrogen and oxygen atoms in total. The molecule has 4 saturated carbocycles. The first-order valence-corrected chi connectivity index (χ1v) is 5.70. The topological polar surface area (TPSA) is 29.5 Å². The first-order valence-electron chi connectivity index (χ1n) is 5.70. The third kappa shape index (κ3) is 0.435. The molecule has 2 heteroatoms. The summed E-state index contributed by atoms with van der Waals surface area (Å²) in [4.78, 5) is 0. The zero-order valence-electron chi connectivity index (χ0n) is 7.47. The second-order valence-corrected chi connectivity index (χ2v) is 5.85. The van der Waals surface area contributed by atoms with Crippen LogP contribution in [0.15, 0.2) is 0 Å². The van der Waals surface area contributed by atoms with Gasteiger partial charge in [0, 0.05) is 5.92 Å². The van der Waals surface area contributed by atoms with Crippen molar-refractivity contribution in [3.8, 4) is 0 Å². The molecular formula is C11H14O2. The van der Waals surface area contributed by atoms with Crippen molar-refractivity contribution < 1.29 is 9.84 Å². The fraction of sp³-hybridized carbons (Fsp3) is 1.00. The molecule has 6 bridgehead atoms. The minimum absolute atomic E-state index is 0.392. The van der Waals surface area contributed by atoms with Gasteiger partial charge in [-0.3, -0.25) is 0 Å². The molecule has 0 radical (unpaired) electrons. The van der Waals surface area contributed by atoms with Crippen LogP contribution in [0.4, 0.5) is 0 Å². The SMILES string of the molecule is OC1O[C@H]2[C@@H]3C[C@@H]4[C@@H]5C[C@@H]([C@@H]1[C@@H]53)[C@H]42. The van der Waals surface area contributed by atoms with Crippen molar-refractivity contribution in [1.82, 2.24) is 0 Å². The van der Waals surface area contributed by atoms with Gasteiger partial charge < -0.3 is 9.84 Å². The summed E-state index contributed by atoms with van der Waals surface area (Å²) in [6.07, 6.45) is 2.94. The lowest BCUT2D eigenvalue weighted by Gasteiger charge is -2.53. The van der Waals surface area contributed by atoms with Crippen LogP contribution in [0.25, 0.3) is 0 Å². The second kappa shape index (κ2) is 1.59. The van der Waals surface area contributed by atoms with Crippen LogP contribution in [-0.4, -0.2) is 17.5 Å². The number of hydrogen-bond acceptors (Lipinski definition) is 2. The molecule has 70 valence electrons. The Morgan fingerprint density at radius 2 is 1.62 bits per heavy atom. The number of ether oxygens (including phenoxy) is 1. The molecule has 9 atom stereocenters. The Kier molecular flexibility index (Phi) is 0.783. The lowest BCUT2D eigenvalue weighted by Crippen LogP contribution is -2.58. The van der Waals surface area contributed by atoms with Gasteiger partial charge in [-0.05, 0) is 48.3 Å². The Labute approximate surface area is 77.3 Å². The lowest BCUT2D eigenvalue weighted by atomic mass is 9.61. The first-order chi connectivity index (χ1) is 6.36. The molecule has 1 N–H and O–H groups in total. The van der Waals surface area contributed by atoms with E-state index in [-0.39, 0.29) is 0 Å². The third-order valence-electron chi connectivity index (χ3n) is 5.98. The molecule has 2 saturated heterocycles. The lowest BCUT2D eigenvalue weighted by molar-refractivity contribution is -0.289. The van der Waals surface area contributed by atoms with E-state index >= 15 is 0 Å². The molecule has 0 aromatic rings. The average molecular weight is 178 g/mol. The van der Waals surface area contributed by atoms with Gasteiger partial charge in [-0.2, -0.15) is 0 Å². The first kappa shape index (κ1) is 6.41. The average Bonchev–Trinajstić information content (AvgIpc) is 2.67. The van der Waals surface area contributed by atoms with Crippen LogP contribution in [-0.2, 0) is 4.74 Å². The number of aliphatic hydroxyl groups excluding tert-OH is 1. The summed E-state index contributed by atoms with van der Waals surface area (Å²) in [5.74, 6) is 6.00. The summed E-state index contributed by atoms with van der Waals surface area (Å²) in [6, 6.07) is 0. The van der Waals surface area contributed by atoms with Crippen LogP contribution >= 0.6 is 0 Å². The van der Waals surface area contributed by atoms with E-state index in [1.54, 1.807) is 0 Å². The van der Waals surface area contributed by atoms with Crippen molar-refractivity contribution in [3.05, 3.63) is 0 Å². The number of rotatable bonds is 0. The highest BCUT2D eigenvalue weighted by molar-refractivity contribution is 5.23. The van der Waals surface area contributed by atoms with Gasteiger partial charge in [0.2, 0.25) is 0 Å². The van der Waals surface area contributed by atoms with Crippen LogP contribution < -0.4 is 0 Å². The molecule has 2 aliphatic heterocycles. The Balaban J connectivity index is 1.80. The van der Waals surface area contributed by atoms with Crippen LogP contribution in [0.3, 0.4) is 0 Å². The Bertz CT molecular complexity index is 298. The summed E-state index contributed by atoms with van der Waals surface area (Å²) in [7, 11) is 0. The Hall–Kier alpha value is -0.0800. The Morgan fingerprint density at radius 1 is 0.846 bits per heavy atom. The summed E-state index contributed by atoms with van der Waals surface area (Å²) in [5.41, 5.74) is 0. The monoisotopic (exact) mass is 178 g/mol. The molecule has 13 heavy (non-hydrogen) atoms. The highest BCUT2D eigenvalue weighted by Crippen LogP contribution is 2.77. The van der Waals surface area contributed by atoms with E-state index < -0.39 is 6.29 Å². The van der Waals surface area contributed by atoms with Crippen molar-refractivity contribution in [2.45, 2.75) is 25.2 Å². The van der Waals surface area contributed by atoms with E-state index in [2.05, 4.69) is 0 Å². The normalized spacial score (nSPS) is 80.5. The van der Waals surface area contributed by atoms with Gasteiger partial charge in [0.25, 0.3) is 0 Å². The highest BCUT2D eigenvalue weighted by Gasteiger charge is 2.77. The third-order valence-corrected chi connectivity index (χ3v) is 5.98. The minimum atomic E-state index is -0.392. The van der Waals surface area contributed by atoms with Crippen molar-refractivity contribution in [2.24, 2.45) is 41.4 Å². The van der Waals surface area contributed by atoms with E-state index in [1.165, 1.54) is 12.8 Å². The molecule has 0 spiro atoms. The van der Waals surface area contributed by atoms with E-state index in [4.69, 9.17) is 4.74 Å². The van der Waals surface area contributed by atoms with E-state index in [9.17, 15) is 5.11 Å². The molecule has 2 heterocycles. The fourth-order valence-electron chi connectivity index (χ4n) is 6.05. The largest absolute Gasteiger partial charge is 0.368 e. The quantitative estimate of drug-likeness (QED) is 0.596. The van der Waals surface area contributed by atoms with Crippen molar-refractivity contribution >= 4 is 0 Å². The smallest absolute Gasteiger partial charge is 0.158 e. The molecule has 6 aliphatic rings. The molecule has 1 unspecified atom stereocenters. The maximum atomic E-state index is 9.83. The van der Waals surface area contributed by atoms with Crippen LogP contribution in [0.1, 0.15) is 12.8 Å². The predicted octanol–water partition coefficient (Wildman–Crippen LogP) is 0.852. The summed E-state index contributed by atoms with van der Waals surface area (Å²) >= 11 is 0. The molecule has 6 rings (SSSR count). The van der Waals surface area contributed by atoms with Crippen LogP contribution in [0.5, 0.6) is 0 Å². The molecular weight excluding hydrogens is 164 g/mol. The zero-order valence-corrected chi connectivity index (χ0v) is 7.47. The van der Waals surface area contributed by atoms with Crippen LogP contribution in [0.2, 0.25) is 0 Å². The number of aliphatic hydroxyl groups is 1. The predicted molar refractivity (Wildman–Crippen MR) is 44.5 cm³/mol. The molecule has 0 aromatic heterocycles. The van der Waals surface area contributed by atoms with Gasteiger partial charge in [-0.1, -0.05) is 0 Å². The van der Waals surface area contributed by atoms with Gasteiger partial charge in [0.05, 0.1) is 6.10 Å². The molecule has 0 aromatic carbocycles. The van der Waals surface area contributed by atoms with Crippen LogP contribution in [0, 0.1) is 41.4 Å². The summed E-state index contributed by atoms with van der Waals surface area (Å²) in [5, 5.41) is 9.83. The van der Waals surface area contributed by atoms with Gasteiger partial charge in [0.15, 0.2) is 6.29 Å². The number of fused-ring (bicyclic) bond motifs is 1.